The zero-order chi connectivity index (χ0) is 27.6. The van der Waals surface area contributed by atoms with Gasteiger partial charge in [-0.1, -0.05) is 59.6 Å². The molecule has 0 bridgehead atoms. The number of nitrogens with two attached hydrogens (primary N) is 1. The van der Waals surface area contributed by atoms with Crippen LogP contribution >= 0.6 is 23.2 Å². The predicted molar refractivity (Wildman–Crippen MR) is 161 cm³/mol. The van der Waals surface area contributed by atoms with Crippen LogP contribution in [-0.4, -0.2) is 64.4 Å². The molecule has 2 aliphatic rings. The minimum atomic E-state index is -0.327. The molecule has 0 unspecified atom stereocenters. The van der Waals surface area contributed by atoms with Crippen LogP contribution in [-0.2, 0) is 11.3 Å². The number of anilines is 1. The minimum Gasteiger partial charge on any atom is -0.368 e. The van der Waals surface area contributed by atoms with E-state index in [1.54, 1.807) is 0 Å². The van der Waals surface area contributed by atoms with E-state index in [0.29, 0.717) is 6.54 Å². The smallest absolute Gasteiger partial charge is 0.240 e. The van der Waals surface area contributed by atoms with Crippen molar-refractivity contribution in [3.8, 4) is 0 Å². The van der Waals surface area contributed by atoms with Gasteiger partial charge in [-0.3, -0.25) is 14.6 Å². The van der Waals surface area contributed by atoms with Crippen molar-refractivity contribution in [1.29, 1.82) is 0 Å². The van der Waals surface area contributed by atoms with Crippen molar-refractivity contribution in [2.45, 2.75) is 31.5 Å². The third-order valence-electron chi connectivity index (χ3n) is 7.99. The van der Waals surface area contributed by atoms with E-state index in [1.807, 2.05) is 48.5 Å². The molecule has 40 heavy (non-hydrogen) atoms. The quantitative estimate of drug-likeness (QED) is 0.323. The second-order valence-corrected chi connectivity index (χ2v) is 11.4. The van der Waals surface area contributed by atoms with Gasteiger partial charge in [0.2, 0.25) is 5.91 Å². The van der Waals surface area contributed by atoms with E-state index in [9.17, 15) is 4.79 Å². The van der Waals surface area contributed by atoms with Crippen molar-refractivity contribution in [2.75, 3.05) is 37.6 Å². The first-order chi connectivity index (χ1) is 19.5. The summed E-state index contributed by atoms with van der Waals surface area (Å²) in [5.74, 6) is 1.28. The van der Waals surface area contributed by atoms with E-state index in [0.717, 1.165) is 78.2 Å². The number of para-hydroxylation sites is 1. The van der Waals surface area contributed by atoms with Gasteiger partial charge in [-0.25, -0.2) is 9.97 Å². The van der Waals surface area contributed by atoms with Gasteiger partial charge in [-0.15, -0.1) is 0 Å². The largest absolute Gasteiger partial charge is 0.368 e. The van der Waals surface area contributed by atoms with E-state index in [-0.39, 0.29) is 18.0 Å². The first-order valence-corrected chi connectivity index (χ1v) is 14.5. The topological polar surface area (TPSA) is 78.6 Å². The number of halogens is 2. The molecule has 1 atom stereocenters. The Balaban J connectivity index is 1.22. The van der Waals surface area contributed by atoms with E-state index >= 15 is 0 Å². The highest BCUT2D eigenvalue weighted by molar-refractivity contribution is 6.30. The number of hydrogen-bond acceptors (Lipinski definition) is 6. The highest BCUT2D eigenvalue weighted by atomic mass is 35.5. The fourth-order valence-corrected chi connectivity index (χ4v) is 6.25. The van der Waals surface area contributed by atoms with Gasteiger partial charge < -0.3 is 10.6 Å². The van der Waals surface area contributed by atoms with E-state index < -0.39 is 0 Å². The van der Waals surface area contributed by atoms with Gasteiger partial charge in [0.25, 0.3) is 0 Å². The van der Waals surface area contributed by atoms with Crippen LogP contribution in [0.25, 0.3) is 10.9 Å². The Kier molecular flexibility index (Phi) is 7.89. The lowest BCUT2D eigenvalue weighted by Crippen LogP contribution is -2.47. The van der Waals surface area contributed by atoms with Crippen molar-refractivity contribution in [1.82, 2.24) is 19.8 Å². The average molecular weight is 576 g/mol. The monoisotopic (exact) mass is 574 g/mol. The summed E-state index contributed by atoms with van der Waals surface area (Å²) in [6.45, 7) is 4.98. The summed E-state index contributed by atoms with van der Waals surface area (Å²) in [7, 11) is 0. The van der Waals surface area contributed by atoms with E-state index in [2.05, 4.69) is 39.0 Å². The Labute approximate surface area is 244 Å². The Morgan fingerprint density at radius 1 is 0.850 bits per heavy atom. The lowest BCUT2D eigenvalue weighted by atomic mass is 9.96. The predicted octanol–water partition coefficient (Wildman–Crippen LogP) is 5.30. The fourth-order valence-electron chi connectivity index (χ4n) is 6.00. The molecule has 2 fully saturated rings. The molecule has 0 aliphatic carbocycles. The highest BCUT2D eigenvalue weighted by Crippen LogP contribution is 2.33. The Hall–Kier alpha value is -3.23. The molecule has 7 nitrogen and oxygen atoms in total. The molecule has 1 aromatic heterocycles. The van der Waals surface area contributed by atoms with Crippen molar-refractivity contribution in [3.05, 3.63) is 99.8 Å². The molecule has 1 amide bonds. The van der Waals surface area contributed by atoms with Crippen LogP contribution in [0.15, 0.2) is 72.8 Å². The normalized spacial score (nSPS) is 18.6. The molecule has 0 saturated carbocycles. The van der Waals surface area contributed by atoms with Gasteiger partial charge in [0, 0.05) is 48.2 Å². The summed E-state index contributed by atoms with van der Waals surface area (Å²) >= 11 is 12.4. The average Bonchev–Trinajstić information content (AvgIpc) is 3.46. The lowest BCUT2D eigenvalue weighted by molar-refractivity contribution is -0.119. The number of carbonyl (C=O) groups excluding carboxylic acids is 1. The SMILES string of the molecule is NC(=O)[C@@H]1CCCN1c1nc(CN2CCN(C(c3ccc(Cl)cc3)c3ccc(Cl)cc3)CC2)nc2ccccc12. The maximum absolute atomic E-state index is 12.2. The van der Waals surface area contributed by atoms with Gasteiger partial charge in [-0.05, 0) is 60.4 Å². The summed E-state index contributed by atoms with van der Waals surface area (Å²) in [4.78, 5) is 29.0. The molecule has 3 aromatic carbocycles. The summed E-state index contributed by atoms with van der Waals surface area (Å²) in [5, 5.41) is 2.42. The van der Waals surface area contributed by atoms with Crippen LogP contribution in [0, 0.1) is 0 Å². The Morgan fingerprint density at radius 3 is 2.10 bits per heavy atom. The van der Waals surface area contributed by atoms with Crippen molar-refractivity contribution >= 4 is 45.8 Å². The third-order valence-corrected chi connectivity index (χ3v) is 8.50. The maximum atomic E-state index is 12.2. The molecule has 0 radical (unpaired) electrons. The molecule has 0 spiro atoms. The van der Waals surface area contributed by atoms with Crippen LogP contribution < -0.4 is 10.6 Å². The van der Waals surface area contributed by atoms with Crippen LogP contribution in [0.4, 0.5) is 5.82 Å². The molecule has 9 heteroatoms. The van der Waals surface area contributed by atoms with Crippen LogP contribution in [0.1, 0.15) is 35.8 Å². The zero-order valence-electron chi connectivity index (χ0n) is 22.2. The maximum Gasteiger partial charge on any atom is 0.240 e. The standard InChI is InChI=1S/C31H32Cl2N6O/c32-23-11-7-21(8-12-23)29(22-9-13-24(33)14-10-22)38-18-16-37(17-19-38)20-28-35-26-5-2-1-4-25(26)31(36-28)39-15-3-6-27(39)30(34)40/h1-2,4-5,7-14,27,29H,3,6,15-20H2,(H2,34,40)/t27-/m0/s1. The molecule has 2 aliphatic heterocycles. The number of aromatic nitrogens is 2. The number of nitrogens with zero attached hydrogens (tertiary/aromatic N) is 5. The van der Waals surface area contributed by atoms with Gasteiger partial charge in [-0.2, -0.15) is 0 Å². The molecule has 6 rings (SSSR count). The molecular weight excluding hydrogens is 543 g/mol. The minimum absolute atomic E-state index is 0.112. The Bertz CT molecular complexity index is 1440. The molecule has 4 aromatic rings. The molecule has 206 valence electrons. The van der Waals surface area contributed by atoms with Gasteiger partial charge in [0.1, 0.15) is 17.7 Å². The lowest BCUT2D eigenvalue weighted by Gasteiger charge is -2.39. The van der Waals surface area contributed by atoms with Gasteiger partial charge in [0.05, 0.1) is 18.1 Å². The third kappa shape index (κ3) is 5.65. The number of amides is 1. The summed E-state index contributed by atoms with van der Waals surface area (Å²) in [6.07, 6.45) is 1.68. The number of fused-ring (bicyclic) bond motifs is 1. The highest BCUT2D eigenvalue weighted by Gasteiger charge is 2.32. The van der Waals surface area contributed by atoms with Gasteiger partial charge >= 0.3 is 0 Å². The molecule has 3 heterocycles. The number of rotatable bonds is 7. The molecule has 2 N–H and O–H groups in total. The molecule has 2 saturated heterocycles. The van der Waals surface area contributed by atoms with Crippen molar-refractivity contribution in [3.63, 3.8) is 0 Å². The summed E-state index contributed by atoms with van der Waals surface area (Å²) in [5.41, 5.74) is 9.05. The number of carbonyl (C=O) groups is 1. The molecular formula is C31H32Cl2N6O. The van der Waals surface area contributed by atoms with Crippen LogP contribution in [0.2, 0.25) is 10.0 Å². The second kappa shape index (κ2) is 11.7. The number of piperazine rings is 1. The van der Waals surface area contributed by atoms with Crippen molar-refractivity contribution in [2.24, 2.45) is 5.73 Å². The van der Waals surface area contributed by atoms with E-state index in [1.165, 1.54) is 11.1 Å². The van der Waals surface area contributed by atoms with Crippen LogP contribution in [0.5, 0.6) is 0 Å². The number of primary amides is 1. The second-order valence-electron chi connectivity index (χ2n) is 10.6. The van der Waals surface area contributed by atoms with E-state index in [4.69, 9.17) is 38.9 Å². The number of hydrogen-bond donors (Lipinski definition) is 1. The summed E-state index contributed by atoms with van der Waals surface area (Å²) in [6, 6.07) is 24.0. The first kappa shape index (κ1) is 27.0. The van der Waals surface area contributed by atoms with Gasteiger partial charge in [0.15, 0.2) is 0 Å². The van der Waals surface area contributed by atoms with Crippen LogP contribution in [0.3, 0.4) is 0 Å². The number of benzene rings is 3. The fraction of sp³-hybridized carbons (Fsp3) is 0.323. The summed E-state index contributed by atoms with van der Waals surface area (Å²) < 4.78 is 0. The first-order valence-electron chi connectivity index (χ1n) is 13.8. The van der Waals surface area contributed by atoms with Crippen molar-refractivity contribution < 1.29 is 4.79 Å². The Morgan fingerprint density at radius 2 is 1.48 bits per heavy atom. The zero-order valence-corrected chi connectivity index (χ0v) is 23.7.